The summed E-state index contributed by atoms with van der Waals surface area (Å²) >= 11 is 0. The first-order chi connectivity index (χ1) is 11.2. The third-order valence-electron chi connectivity index (χ3n) is 4.13. The second kappa shape index (κ2) is 12.2. The average molecular weight is 321 g/mol. The van der Waals surface area contributed by atoms with E-state index >= 15 is 0 Å². The molecule has 3 heteroatoms. The lowest BCUT2D eigenvalue weighted by atomic mass is 10.1. The van der Waals surface area contributed by atoms with E-state index in [9.17, 15) is 0 Å². The maximum absolute atomic E-state index is 6.09. The number of hydrogen-bond donors (Lipinski definition) is 1. The summed E-state index contributed by atoms with van der Waals surface area (Å²) in [6.07, 6.45) is 8.46. The van der Waals surface area contributed by atoms with E-state index in [1.165, 1.54) is 57.3 Å². The second-order valence-electron chi connectivity index (χ2n) is 6.37. The first kappa shape index (κ1) is 19.8. The van der Waals surface area contributed by atoms with Crippen LogP contribution in [0.3, 0.4) is 0 Å². The fourth-order valence-electron chi connectivity index (χ4n) is 2.70. The molecule has 0 amide bonds. The van der Waals surface area contributed by atoms with Crippen molar-refractivity contribution in [3.05, 3.63) is 23.8 Å². The number of benzene rings is 1. The van der Waals surface area contributed by atoms with Crippen molar-refractivity contribution in [2.45, 2.75) is 65.7 Å². The molecule has 3 nitrogen and oxygen atoms in total. The highest BCUT2D eigenvalue weighted by atomic mass is 16.5. The molecule has 1 aromatic carbocycles. The van der Waals surface area contributed by atoms with Gasteiger partial charge in [-0.25, -0.2) is 0 Å². The van der Waals surface area contributed by atoms with Crippen molar-refractivity contribution in [3.8, 4) is 5.75 Å². The number of nitrogens with two attached hydrogens (primary N) is 1. The molecule has 0 heterocycles. The van der Waals surface area contributed by atoms with Gasteiger partial charge >= 0.3 is 0 Å². The Hall–Kier alpha value is -1.22. The van der Waals surface area contributed by atoms with Crippen molar-refractivity contribution in [2.75, 3.05) is 32.0 Å². The summed E-state index contributed by atoms with van der Waals surface area (Å²) in [7, 11) is 0. The predicted molar refractivity (Wildman–Crippen MR) is 101 cm³/mol. The lowest BCUT2D eigenvalue weighted by Crippen LogP contribution is -2.27. The second-order valence-corrected chi connectivity index (χ2v) is 6.37. The standard InChI is InChI=1S/C20H36N2O/c1-4-7-13-22(14-8-5-2)15-9-10-18-11-12-20(19(21)17-18)23-16-6-3/h11-12,17H,4-10,13-16,21H2,1-3H3. The van der Waals surface area contributed by atoms with E-state index in [-0.39, 0.29) is 0 Å². The van der Waals surface area contributed by atoms with Crippen LogP contribution in [0.15, 0.2) is 18.2 Å². The summed E-state index contributed by atoms with van der Waals surface area (Å²) in [4.78, 5) is 2.62. The van der Waals surface area contributed by atoms with E-state index in [1.807, 2.05) is 6.07 Å². The normalized spacial score (nSPS) is 11.1. The Morgan fingerprint density at radius 1 is 0.913 bits per heavy atom. The van der Waals surface area contributed by atoms with Gasteiger partial charge in [-0.15, -0.1) is 0 Å². The Balaban J connectivity index is 2.41. The van der Waals surface area contributed by atoms with Crippen LogP contribution in [0.25, 0.3) is 0 Å². The molecule has 0 bridgehead atoms. The van der Waals surface area contributed by atoms with Crippen molar-refractivity contribution in [2.24, 2.45) is 0 Å². The zero-order valence-electron chi connectivity index (χ0n) is 15.4. The van der Waals surface area contributed by atoms with Gasteiger partial charge in [0.05, 0.1) is 12.3 Å². The number of nitrogen functional groups attached to an aromatic ring is 1. The minimum Gasteiger partial charge on any atom is -0.491 e. The van der Waals surface area contributed by atoms with E-state index in [0.717, 1.165) is 30.9 Å². The van der Waals surface area contributed by atoms with Gasteiger partial charge in [0.2, 0.25) is 0 Å². The summed E-state index contributed by atoms with van der Waals surface area (Å²) in [6, 6.07) is 6.25. The van der Waals surface area contributed by atoms with Crippen LogP contribution in [0.5, 0.6) is 5.75 Å². The third kappa shape index (κ3) is 8.26. The van der Waals surface area contributed by atoms with Crippen molar-refractivity contribution in [3.63, 3.8) is 0 Å². The molecule has 0 spiro atoms. The first-order valence-electron chi connectivity index (χ1n) is 9.44. The highest BCUT2D eigenvalue weighted by molar-refractivity contribution is 5.54. The van der Waals surface area contributed by atoms with Crippen molar-refractivity contribution < 1.29 is 4.74 Å². The monoisotopic (exact) mass is 320 g/mol. The van der Waals surface area contributed by atoms with Crippen LogP contribution in [0, 0.1) is 0 Å². The van der Waals surface area contributed by atoms with Gasteiger partial charge in [0.1, 0.15) is 5.75 Å². The summed E-state index contributed by atoms with van der Waals surface area (Å²) in [5.41, 5.74) is 8.17. The van der Waals surface area contributed by atoms with E-state index in [2.05, 4.69) is 37.8 Å². The van der Waals surface area contributed by atoms with Crippen LogP contribution < -0.4 is 10.5 Å². The molecule has 0 aromatic heterocycles. The molecule has 0 saturated heterocycles. The molecule has 0 fully saturated rings. The Labute approximate surface area is 143 Å². The predicted octanol–water partition coefficient (Wildman–Crippen LogP) is 4.89. The highest BCUT2D eigenvalue weighted by Gasteiger charge is 2.05. The number of nitrogens with zero attached hydrogens (tertiary/aromatic N) is 1. The molecule has 23 heavy (non-hydrogen) atoms. The van der Waals surface area contributed by atoms with Gasteiger partial charge in [-0.2, -0.15) is 0 Å². The van der Waals surface area contributed by atoms with Gasteiger partial charge in [-0.1, -0.05) is 39.7 Å². The Kier molecular flexibility index (Phi) is 10.5. The summed E-state index contributed by atoms with van der Waals surface area (Å²) in [5, 5.41) is 0. The van der Waals surface area contributed by atoms with Crippen LogP contribution in [-0.2, 0) is 6.42 Å². The number of hydrogen-bond acceptors (Lipinski definition) is 3. The fraction of sp³-hybridized carbons (Fsp3) is 0.700. The zero-order valence-corrected chi connectivity index (χ0v) is 15.4. The summed E-state index contributed by atoms with van der Waals surface area (Å²) in [6.45, 7) is 11.0. The van der Waals surface area contributed by atoms with E-state index in [0.29, 0.717) is 0 Å². The SMILES string of the molecule is CCCCN(CCCC)CCCc1ccc(OCCC)c(N)c1. The number of aryl methyl sites for hydroxylation is 1. The Bertz CT molecular complexity index is 412. The summed E-state index contributed by atoms with van der Waals surface area (Å²) < 4.78 is 5.64. The molecule has 1 rings (SSSR count). The summed E-state index contributed by atoms with van der Waals surface area (Å²) in [5.74, 6) is 0.822. The smallest absolute Gasteiger partial charge is 0.142 e. The number of unbranched alkanes of at least 4 members (excludes halogenated alkanes) is 2. The fourth-order valence-corrected chi connectivity index (χ4v) is 2.70. The molecule has 0 aliphatic carbocycles. The maximum Gasteiger partial charge on any atom is 0.142 e. The van der Waals surface area contributed by atoms with Gasteiger partial charge < -0.3 is 15.4 Å². The van der Waals surface area contributed by atoms with Crippen molar-refractivity contribution in [1.82, 2.24) is 4.90 Å². The van der Waals surface area contributed by atoms with E-state index in [1.54, 1.807) is 0 Å². The van der Waals surface area contributed by atoms with Crippen molar-refractivity contribution in [1.29, 1.82) is 0 Å². The largest absolute Gasteiger partial charge is 0.491 e. The molecule has 132 valence electrons. The minimum absolute atomic E-state index is 0.730. The molecular formula is C20H36N2O. The lowest BCUT2D eigenvalue weighted by molar-refractivity contribution is 0.262. The van der Waals surface area contributed by atoms with Gasteiger partial charge in [0.15, 0.2) is 0 Å². The van der Waals surface area contributed by atoms with Gasteiger partial charge in [0, 0.05) is 0 Å². The number of rotatable bonds is 13. The molecule has 0 unspecified atom stereocenters. The maximum atomic E-state index is 6.09. The van der Waals surface area contributed by atoms with Crippen molar-refractivity contribution >= 4 is 5.69 Å². The van der Waals surface area contributed by atoms with Gasteiger partial charge in [-0.3, -0.25) is 0 Å². The molecule has 1 aromatic rings. The van der Waals surface area contributed by atoms with Gasteiger partial charge in [-0.05, 0) is 69.4 Å². The third-order valence-corrected chi connectivity index (χ3v) is 4.13. The van der Waals surface area contributed by atoms with Crippen LogP contribution in [0.4, 0.5) is 5.69 Å². The van der Waals surface area contributed by atoms with Crippen LogP contribution in [0.2, 0.25) is 0 Å². The quantitative estimate of drug-likeness (QED) is 0.526. The van der Waals surface area contributed by atoms with Crippen LogP contribution in [-0.4, -0.2) is 31.1 Å². The van der Waals surface area contributed by atoms with E-state index in [4.69, 9.17) is 10.5 Å². The molecule has 0 radical (unpaired) electrons. The Morgan fingerprint density at radius 2 is 1.57 bits per heavy atom. The molecule has 0 aliphatic heterocycles. The van der Waals surface area contributed by atoms with Gasteiger partial charge in [0.25, 0.3) is 0 Å². The molecule has 0 aliphatic rings. The highest BCUT2D eigenvalue weighted by Crippen LogP contribution is 2.23. The lowest BCUT2D eigenvalue weighted by Gasteiger charge is -2.22. The number of ether oxygens (including phenoxy) is 1. The van der Waals surface area contributed by atoms with E-state index < -0.39 is 0 Å². The van der Waals surface area contributed by atoms with Crippen LogP contribution >= 0.6 is 0 Å². The molecule has 0 saturated carbocycles. The topological polar surface area (TPSA) is 38.5 Å². The molecular weight excluding hydrogens is 284 g/mol. The first-order valence-corrected chi connectivity index (χ1v) is 9.44. The zero-order chi connectivity index (χ0) is 16.9. The number of anilines is 1. The Morgan fingerprint density at radius 3 is 2.13 bits per heavy atom. The average Bonchev–Trinajstić information content (AvgIpc) is 2.56. The minimum atomic E-state index is 0.730. The molecule has 0 atom stereocenters. The molecule has 2 N–H and O–H groups in total. The van der Waals surface area contributed by atoms with Crippen LogP contribution in [0.1, 0.15) is 64.9 Å².